The Morgan fingerprint density at radius 1 is 1.04 bits per heavy atom. The van der Waals surface area contributed by atoms with Gasteiger partial charge < -0.3 is 14.8 Å². The molecule has 0 atom stereocenters. The maximum absolute atomic E-state index is 12.1. The molecule has 0 aliphatic carbocycles. The third kappa shape index (κ3) is 5.61. The number of carbonyl (C=O) groups is 1. The van der Waals surface area contributed by atoms with E-state index < -0.39 is 0 Å². The molecule has 0 bridgehead atoms. The van der Waals surface area contributed by atoms with E-state index in [2.05, 4.69) is 5.32 Å². The number of nitrogens with one attached hydrogen (secondary N) is 1. The molecular formula is C20H25NO3. The van der Waals surface area contributed by atoms with Crippen molar-refractivity contribution in [3.05, 3.63) is 59.7 Å². The Bertz CT molecular complexity index is 653. The fourth-order valence-electron chi connectivity index (χ4n) is 2.33. The molecule has 0 aromatic heterocycles. The molecule has 0 heterocycles. The quantitative estimate of drug-likeness (QED) is 0.803. The molecule has 2 aromatic carbocycles. The molecule has 4 nitrogen and oxygen atoms in total. The number of hydrogen-bond donors (Lipinski definition) is 1. The van der Waals surface area contributed by atoms with Crippen molar-refractivity contribution in [1.82, 2.24) is 5.32 Å². The normalized spacial score (nSPS) is 10.5. The lowest BCUT2D eigenvalue weighted by Crippen LogP contribution is -2.24. The SMILES string of the molecule is CCOc1cc(CC(=O)NCc2ccccc2)ccc1OC(C)C. The van der Waals surface area contributed by atoms with Gasteiger partial charge in [0.05, 0.1) is 19.1 Å². The smallest absolute Gasteiger partial charge is 0.224 e. The van der Waals surface area contributed by atoms with Gasteiger partial charge in [-0.25, -0.2) is 0 Å². The van der Waals surface area contributed by atoms with E-state index in [0.29, 0.717) is 31.1 Å². The fourth-order valence-corrected chi connectivity index (χ4v) is 2.33. The lowest BCUT2D eigenvalue weighted by Gasteiger charge is -2.15. The number of benzene rings is 2. The van der Waals surface area contributed by atoms with Crippen LogP contribution in [0.25, 0.3) is 0 Å². The zero-order valence-electron chi connectivity index (χ0n) is 14.5. The highest BCUT2D eigenvalue weighted by molar-refractivity contribution is 5.78. The molecule has 0 unspecified atom stereocenters. The third-order valence-electron chi connectivity index (χ3n) is 3.37. The molecule has 128 valence electrons. The molecular weight excluding hydrogens is 302 g/mol. The predicted octanol–water partition coefficient (Wildman–Crippen LogP) is 3.73. The average Bonchev–Trinajstić information content (AvgIpc) is 2.56. The van der Waals surface area contributed by atoms with Crippen LogP contribution in [0.4, 0.5) is 0 Å². The zero-order chi connectivity index (χ0) is 17.4. The van der Waals surface area contributed by atoms with E-state index in [1.807, 2.05) is 69.3 Å². The second-order valence-electron chi connectivity index (χ2n) is 5.82. The first-order valence-corrected chi connectivity index (χ1v) is 8.31. The standard InChI is InChI=1S/C20H25NO3/c1-4-23-19-12-17(10-11-18(19)24-15(2)3)13-20(22)21-14-16-8-6-5-7-9-16/h5-12,15H,4,13-14H2,1-3H3,(H,21,22). The van der Waals surface area contributed by atoms with E-state index in [-0.39, 0.29) is 12.0 Å². The number of rotatable bonds is 8. The van der Waals surface area contributed by atoms with Crippen LogP contribution < -0.4 is 14.8 Å². The summed E-state index contributed by atoms with van der Waals surface area (Å²) in [5, 5.41) is 2.93. The summed E-state index contributed by atoms with van der Waals surface area (Å²) in [6, 6.07) is 15.5. The van der Waals surface area contributed by atoms with Gasteiger partial charge in [0.15, 0.2) is 11.5 Å². The molecule has 0 radical (unpaired) electrons. The number of amides is 1. The summed E-state index contributed by atoms with van der Waals surface area (Å²) in [5.74, 6) is 1.37. The van der Waals surface area contributed by atoms with Crippen LogP contribution in [0.3, 0.4) is 0 Å². The van der Waals surface area contributed by atoms with Gasteiger partial charge in [0.2, 0.25) is 5.91 Å². The lowest BCUT2D eigenvalue weighted by atomic mass is 10.1. The molecule has 1 amide bonds. The second-order valence-corrected chi connectivity index (χ2v) is 5.82. The summed E-state index contributed by atoms with van der Waals surface area (Å²) < 4.78 is 11.4. The van der Waals surface area contributed by atoms with Gasteiger partial charge >= 0.3 is 0 Å². The van der Waals surface area contributed by atoms with Crippen LogP contribution in [0.1, 0.15) is 31.9 Å². The Morgan fingerprint density at radius 3 is 2.46 bits per heavy atom. The van der Waals surface area contributed by atoms with Crippen molar-refractivity contribution >= 4 is 5.91 Å². The highest BCUT2D eigenvalue weighted by atomic mass is 16.5. The Kier molecular flexibility index (Phi) is 6.67. The van der Waals surface area contributed by atoms with Crippen LogP contribution in [0, 0.1) is 0 Å². The Hall–Kier alpha value is -2.49. The molecule has 0 aliphatic heterocycles. The third-order valence-corrected chi connectivity index (χ3v) is 3.37. The Morgan fingerprint density at radius 2 is 1.79 bits per heavy atom. The van der Waals surface area contributed by atoms with Crippen LogP contribution >= 0.6 is 0 Å². The minimum absolute atomic E-state index is 0.0150. The van der Waals surface area contributed by atoms with E-state index >= 15 is 0 Å². The summed E-state index contributed by atoms with van der Waals surface area (Å²) in [5.41, 5.74) is 1.99. The number of carbonyl (C=O) groups excluding carboxylic acids is 1. The van der Waals surface area contributed by atoms with Crippen molar-refractivity contribution in [2.24, 2.45) is 0 Å². The van der Waals surface area contributed by atoms with Crippen LogP contribution in [-0.4, -0.2) is 18.6 Å². The number of hydrogen-bond acceptors (Lipinski definition) is 3. The van der Waals surface area contributed by atoms with Crippen molar-refractivity contribution < 1.29 is 14.3 Å². The molecule has 4 heteroatoms. The lowest BCUT2D eigenvalue weighted by molar-refractivity contribution is -0.120. The summed E-state index contributed by atoms with van der Waals surface area (Å²) >= 11 is 0. The molecule has 1 N–H and O–H groups in total. The van der Waals surface area contributed by atoms with Crippen LogP contribution in [0.15, 0.2) is 48.5 Å². The topological polar surface area (TPSA) is 47.6 Å². The van der Waals surface area contributed by atoms with Crippen LogP contribution in [-0.2, 0) is 17.8 Å². The van der Waals surface area contributed by atoms with E-state index in [9.17, 15) is 4.79 Å². The van der Waals surface area contributed by atoms with E-state index in [1.165, 1.54) is 0 Å². The van der Waals surface area contributed by atoms with Crippen molar-refractivity contribution in [2.75, 3.05) is 6.61 Å². The maximum atomic E-state index is 12.1. The average molecular weight is 327 g/mol. The molecule has 0 saturated carbocycles. The first-order valence-electron chi connectivity index (χ1n) is 8.31. The predicted molar refractivity (Wildman–Crippen MR) is 95.4 cm³/mol. The van der Waals surface area contributed by atoms with Gasteiger partial charge in [-0.2, -0.15) is 0 Å². The highest BCUT2D eigenvalue weighted by Gasteiger charge is 2.10. The van der Waals surface area contributed by atoms with Gasteiger partial charge in [-0.15, -0.1) is 0 Å². The minimum Gasteiger partial charge on any atom is -0.490 e. The summed E-state index contributed by atoms with van der Waals surface area (Å²) in [6.07, 6.45) is 0.388. The van der Waals surface area contributed by atoms with Crippen LogP contribution in [0.5, 0.6) is 11.5 Å². The first kappa shape index (κ1) is 17.9. The molecule has 0 spiro atoms. The summed E-state index contributed by atoms with van der Waals surface area (Å²) in [4.78, 5) is 12.1. The van der Waals surface area contributed by atoms with Gasteiger partial charge in [0.1, 0.15) is 0 Å². The van der Waals surface area contributed by atoms with Gasteiger partial charge in [0.25, 0.3) is 0 Å². The molecule has 2 rings (SSSR count). The molecule has 0 fully saturated rings. The van der Waals surface area contributed by atoms with Crippen molar-refractivity contribution in [1.29, 1.82) is 0 Å². The Labute approximate surface area is 143 Å². The fraction of sp³-hybridized carbons (Fsp3) is 0.350. The molecule has 0 aliphatic rings. The zero-order valence-corrected chi connectivity index (χ0v) is 14.5. The highest BCUT2D eigenvalue weighted by Crippen LogP contribution is 2.29. The monoisotopic (exact) mass is 327 g/mol. The van der Waals surface area contributed by atoms with Crippen molar-refractivity contribution in [3.63, 3.8) is 0 Å². The minimum atomic E-state index is -0.0150. The van der Waals surface area contributed by atoms with Gasteiger partial charge in [-0.1, -0.05) is 36.4 Å². The summed E-state index contributed by atoms with van der Waals surface area (Å²) in [7, 11) is 0. The van der Waals surface area contributed by atoms with Crippen molar-refractivity contribution in [2.45, 2.75) is 39.8 Å². The van der Waals surface area contributed by atoms with Gasteiger partial charge in [0, 0.05) is 6.54 Å². The van der Waals surface area contributed by atoms with Gasteiger partial charge in [-0.05, 0) is 44.0 Å². The van der Waals surface area contributed by atoms with E-state index in [1.54, 1.807) is 0 Å². The molecule has 2 aromatic rings. The van der Waals surface area contributed by atoms with Crippen molar-refractivity contribution in [3.8, 4) is 11.5 Å². The van der Waals surface area contributed by atoms with Crippen LogP contribution in [0.2, 0.25) is 0 Å². The first-order chi connectivity index (χ1) is 11.6. The Balaban J connectivity index is 1.98. The molecule has 0 saturated heterocycles. The summed E-state index contributed by atoms with van der Waals surface area (Å²) in [6.45, 7) is 6.96. The molecule has 24 heavy (non-hydrogen) atoms. The van der Waals surface area contributed by atoms with E-state index in [0.717, 1.165) is 11.1 Å². The van der Waals surface area contributed by atoms with Gasteiger partial charge in [-0.3, -0.25) is 4.79 Å². The maximum Gasteiger partial charge on any atom is 0.224 e. The van der Waals surface area contributed by atoms with E-state index in [4.69, 9.17) is 9.47 Å². The number of ether oxygens (including phenoxy) is 2. The second kappa shape index (κ2) is 8.96. The largest absolute Gasteiger partial charge is 0.490 e.